The van der Waals surface area contributed by atoms with Gasteiger partial charge in [-0.25, -0.2) is 17.5 Å². The van der Waals surface area contributed by atoms with Crippen molar-refractivity contribution in [1.29, 1.82) is 0 Å². The van der Waals surface area contributed by atoms with Crippen LogP contribution in [0.4, 0.5) is 0 Å². The quantitative estimate of drug-likeness (QED) is 0.607. The van der Waals surface area contributed by atoms with Gasteiger partial charge >= 0.3 is 5.97 Å². The van der Waals surface area contributed by atoms with Crippen LogP contribution >= 0.6 is 0 Å². The minimum atomic E-state index is -3.47. The van der Waals surface area contributed by atoms with E-state index in [4.69, 9.17) is 4.74 Å². The largest absolute Gasteiger partial charge is 0.458 e. The Morgan fingerprint density at radius 2 is 2.05 bits per heavy atom. The maximum atomic E-state index is 11.9. The summed E-state index contributed by atoms with van der Waals surface area (Å²) in [5, 5.41) is 0. The molecule has 0 bridgehead atoms. The predicted octanol–water partition coefficient (Wildman–Crippen LogP) is 1.56. The first-order valence-electron chi connectivity index (χ1n) is 5.69. The van der Waals surface area contributed by atoms with Crippen molar-refractivity contribution in [3.8, 4) is 0 Å². The molecule has 1 rings (SSSR count). The number of ether oxygens (including phenoxy) is 1. The maximum Gasteiger partial charge on any atom is 0.330 e. The van der Waals surface area contributed by atoms with Gasteiger partial charge in [0.1, 0.15) is 6.61 Å². The zero-order chi connectivity index (χ0) is 14.5. The van der Waals surface area contributed by atoms with Crippen LogP contribution < -0.4 is 0 Å². The number of nitrogens with zero attached hydrogens (tertiary/aromatic N) is 1. The molecule has 0 heterocycles. The van der Waals surface area contributed by atoms with Gasteiger partial charge < -0.3 is 4.74 Å². The first kappa shape index (κ1) is 15.4. The van der Waals surface area contributed by atoms with E-state index in [0.717, 1.165) is 4.31 Å². The highest BCUT2D eigenvalue weighted by atomic mass is 32.2. The highest BCUT2D eigenvalue weighted by Gasteiger charge is 2.17. The van der Waals surface area contributed by atoms with Gasteiger partial charge in [-0.15, -0.1) is 0 Å². The van der Waals surface area contributed by atoms with Crippen LogP contribution in [0, 0.1) is 0 Å². The van der Waals surface area contributed by atoms with E-state index in [9.17, 15) is 13.2 Å². The number of carbonyl (C=O) groups excluding carboxylic acids is 1. The molecule has 1 aromatic carbocycles. The number of carbonyl (C=O) groups is 1. The summed E-state index contributed by atoms with van der Waals surface area (Å²) in [6.07, 6.45) is 2.88. The molecule has 0 amide bonds. The second-order valence-corrected chi connectivity index (χ2v) is 6.19. The van der Waals surface area contributed by atoms with E-state index in [-0.39, 0.29) is 11.5 Å². The Labute approximate surface area is 113 Å². The lowest BCUT2D eigenvalue weighted by molar-refractivity contribution is -0.139. The average Bonchev–Trinajstić information content (AvgIpc) is 2.37. The third kappa shape index (κ3) is 4.18. The molecule has 0 atom stereocenters. The molecule has 0 N–H and O–H groups in total. The van der Waals surface area contributed by atoms with E-state index < -0.39 is 16.0 Å². The van der Waals surface area contributed by atoms with E-state index in [0.29, 0.717) is 5.56 Å². The van der Waals surface area contributed by atoms with Gasteiger partial charge in [-0.1, -0.05) is 18.2 Å². The highest BCUT2D eigenvalue weighted by Crippen LogP contribution is 2.15. The monoisotopic (exact) mass is 283 g/mol. The van der Waals surface area contributed by atoms with Gasteiger partial charge in [0.15, 0.2) is 0 Å². The molecule has 0 fully saturated rings. The van der Waals surface area contributed by atoms with Gasteiger partial charge in [0.2, 0.25) is 10.0 Å². The van der Waals surface area contributed by atoms with Crippen molar-refractivity contribution < 1.29 is 17.9 Å². The van der Waals surface area contributed by atoms with Crippen LogP contribution in [0.25, 0.3) is 0 Å². The number of hydrogen-bond donors (Lipinski definition) is 0. The minimum Gasteiger partial charge on any atom is -0.458 e. The van der Waals surface area contributed by atoms with Gasteiger partial charge in [0.25, 0.3) is 0 Å². The van der Waals surface area contributed by atoms with Crippen LogP contribution in [0.5, 0.6) is 0 Å². The maximum absolute atomic E-state index is 11.9. The Balaban J connectivity index is 2.87. The second kappa shape index (κ2) is 6.49. The van der Waals surface area contributed by atoms with Crippen LogP contribution in [-0.4, -0.2) is 32.8 Å². The number of esters is 1. The second-order valence-electron chi connectivity index (χ2n) is 4.04. The van der Waals surface area contributed by atoms with Gasteiger partial charge in [0, 0.05) is 20.2 Å². The first-order valence-corrected chi connectivity index (χ1v) is 7.13. The average molecular weight is 283 g/mol. The summed E-state index contributed by atoms with van der Waals surface area (Å²) in [7, 11) is -0.537. The van der Waals surface area contributed by atoms with Crippen molar-refractivity contribution in [2.45, 2.75) is 18.4 Å². The Bertz CT molecular complexity index is 576. The lowest BCUT2D eigenvalue weighted by Crippen LogP contribution is -2.22. The van der Waals surface area contributed by atoms with Crippen LogP contribution in [0.2, 0.25) is 0 Å². The molecule has 0 aliphatic rings. The van der Waals surface area contributed by atoms with Crippen LogP contribution in [0.15, 0.2) is 41.3 Å². The van der Waals surface area contributed by atoms with Gasteiger partial charge in [-0.3, -0.25) is 0 Å². The molecule has 5 nitrogen and oxygen atoms in total. The smallest absolute Gasteiger partial charge is 0.330 e. The predicted molar refractivity (Wildman–Crippen MR) is 71.9 cm³/mol. The molecule has 104 valence electrons. The van der Waals surface area contributed by atoms with Gasteiger partial charge in [0.05, 0.1) is 4.90 Å². The number of benzene rings is 1. The molecular formula is C13H17NO4S. The molecule has 1 aromatic rings. The Hall–Kier alpha value is -1.66. The van der Waals surface area contributed by atoms with Crippen molar-refractivity contribution in [1.82, 2.24) is 4.31 Å². The third-order valence-electron chi connectivity index (χ3n) is 2.36. The highest BCUT2D eigenvalue weighted by molar-refractivity contribution is 7.89. The lowest BCUT2D eigenvalue weighted by atomic mass is 10.2. The fraction of sp³-hybridized carbons (Fsp3) is 0.308. The zero-order valence-corrected chi connectivity index (χ0v) is 12.0. The van der Waals surface area contributed by atoms with E-state index in [1.165, 1.54) is 32.3 Å². The number of sulfonamides is 1. The van der Waals surface area contributed by atoms with Crippen LogP contribution in [0.3, 0.4) is 0 Å². The normalized spacial score (nSPS) is 12.0. The molecular weight excluding hydrogens is 266 g/mol. The lowest BCUT2D eigenvalue weighted by Gasteiger charge is -2.12. The van der Waals surface area contributed by atoms with Crippen molar-refractivity contribution in [2.24, 2.45) is 0 Å². The molecule has 0 saturated heterocycles. The van der Waals surface area contributed by atoms with E-state index in [1.54, 1.807) is 25.1 Å². The molecule has 0 saturated carbocycles. The van der Waals surface area contributed by atoms with Crippen molar-refractivity contribution in [2.75, 3.05) is 14.1 Å². The number of hydrogen-bond acceptors (Lipinski definition) is 4. The Kier molecular flexibility index (Phi) is 5.26. The SMILES string of the molecule is C/C=C/C(=O)OCc1cccc(S(=O)(=O)N(C)C)c1. The first-order chi connectivity index (χ1) is 8.87. The standard InChI is InChI=1S/C13H17NO4S/c1-4-6-13(15)18-10-11-7-5-8-12(9-11)19(16,17)14(2)3/h4-9H,10H2,1-3H3/b6-4+. The van der Waals surface area contributed by atoms with Crippen molar-refractivity contribution in [3.05, 3.63) is 42.0 Å². The summed E-state index contributed by atoms with van der Waals surface area (Å²) in [6, 6.07) is 6.33. The topological polar surface area (TPSA) is 63.7 Å². The van der Waals surface area contributed by atoms with Crippen molar-refractivity contribution >= 4 is 16.0 Å². The zero-order valence-electron chi connectivity index (χ0n) is 11.2. The molecule has 0 unspecified atom stereocenters. The Morgan fingerprint density at radius 1 is 1.37 bits per heavy atom. The molecule has 0 aromatic heterocycles. The fourth-order valence-electron chi connectivity index (χ4n) is 1.35. The molecule has 19 heavy (non-hydrogen) atoms. The van der Waals surface area contributed by atoms with E-state index in [2.05, 4.69) is 0 Å². The van der Waals surface area contributed by atoms with Gasteiger partial charge in [-0.2, -0.15) is 0 Å². The van der Waals surface area contributed by atoms with E-state index in [1.807, 2.05) is 0 Å². The summed E-state index contributed by atoms with van der Waals surface area (Å²) in [5.41, 5.74) is 0.626. The van der Waals surface area contributed by atoms with Crippen LogP contribution in [0.1, 0.15) is 12.5 Å². The van der Waals surface area contributed by atoms with E-state index >= 15 is 0 Å². The number of allylic oxidation sites excluding steroid dienone is 1. The molecule has 0 aliphatic heterocycles. The third-order valence-corrected chi connectivity index (χ3v) is 4.17. The summed E-state index contributed by atoms with van der Waals surface area (Å²) < 4.78 is 30.0. The van der Waals surface area contributed by atoms with Crippen molar-refractivity contribution in [3.63, 3.8) is 0 Å². The minimum absolute atomic E-state index is 0.0416. The molecule has 0 spiro atoms. The molecule has 0 radical (unpaired) electrons. The summed E-state index contributed by atoms with van der Waals surface area (Å²) in [4.78, 5) is 11.3. The number of rotatable bonds is 5. The summed E-state index contributed by atoms with van der Waals surface area (Å²) in [6.45, 7) is 1.76. The Morgan fingerprint density at radius 3 is 2.63 bits per heavy atom. The summed E-state index contributed by atoms with van der Waals surface area (Å²) >= 11 is 0. The fourth-order valence-corrected chi connectivity index (χ4v) is 2.32. The van der Waals surface area contributed by atoms with Gasteiger partial charge in [-0.05, 0) is 24.6 Å². The molecule has 6 heteroatoms. The molecule has 0 aliphatic carbocycles. The van der Waals surface area contributed by atoms with Crippen LogP contribution in [-0.2, 0) is 26.2 Å². The summed E-state index contributed by atoms with van der Waals surface area (Å²) in [5.74, 6) is -0.455.